The van der Waals surface area contributed by atoms with Crippen molar-refractivity contribution in [2.75, 3.05) is 11.9 Å². The number of nitrogens with one attached hydrogen (secondary N) is 1. The van der Waals surface area contributed by atoms with Crippen molar-refractivity contribution in [1.29, 1.82) is 0 Å². The first-order chi connectivity index (χ1) is 6.15. The van der Waals surface area contributed by atoms with Crippen molar-refractivity contribution in [1.82, 2.24) is 9.97 Å². The summed E-state index contributed by atoms with van der Waals surface area (Å²) in [6.07, 6.45) is 3.28. The predicted molar refractivity (Wildman–Crippen MR) is 52.5 cm³/mol. The van der Waals surface area contributed by atoms with Crippen LogP contribution in [0.1, 0.15) is 5.56 Å². The Hall–Kier alpha value is -1.58. The molecule has 1 radical (unpaired) electrons. The second-order valence-corrected chi connectivity index (χ2v) is 2.71. The number of nitrogens with zero attached hydrogens (tertiary/aromatic N) is 2. The molecule has 0 aliphatic heterocycles. The Morgan fingerprint density at radius 3 is 3.00 bits per heavy atom. The van der Waals surface area contributed by atoms with Crippen LogP contribution in [0, 0.1) is 13.5 Å². The lowest BCUT2D eigenvalue weighted by molar-refractivity contribution is 0.980. The number of likely N-dealkylation sites (N-methyl/N-ethyl adjacent to an activating group) is 1. The normalized spacial score (nSPS) is 9.69. The van der Waals surface area contributed by atoms with Crippen LogP contribution >= 0.6 is 0 Å². The van der Waals surface area contributed by atoms with E-state index in [1.165, 1.54) is 0 Å². The van der Waals surface area contributed by atoms with Crippen molar-refractivity contribution in [3.8, 4) is 0 Å². The number of anilines is 1. The first kappa shape index (κ1) is 9.51. The molecular formula is C9H12N3O. The van der Waals surface area contributed by atoms with E-state index in [9.17, 15) is 4.79 Å². The average molecular weight is 178 g/mol. The van der Waals surface area contributed by atoms with Gasteiger partial charge < -0.3 is 9.88 Å². The average Bonchev–Trinajstić information content (AvgIpc) is 2.09. The summed E-state index contributed by atoms with van der Waals surface area (Å²) in [5.41, 5.74) is 0.574. The molecule has 13 heavy (non-hydrogen) atoms. The highest BCUT2D eigenvalue weighted by atomic mass is 16.1. The van der Waals surface area contributed by atoms with Crippen LogP contribution in [-0.2, 0) is 0 Å². The fourth-order valence-corrected chi connectivity index (χ4v) is 1.04. The van der Waals surface area contributed by atoms with Crippen LogP contribution in [0.3, 0.4) is 0 Å². The van der Waals surface area contributed by atoms with E-state index >= 15 is 0 Å². The highest BCUT2D eigenvalue weighted by Gasteiger charge is 2.04. The van der Waals surface area contributed by atoms with E-state index < -0.39 is 0 Å². The van der Waals surface area contributed by atoms with E-state index in [2.05, 4.69) is 16.5 Å². The molecule has 1 heterocycles. The van der Waals surface area contributed by atoms with E-state index in [4.69, 9.17) is 0 Å². The van der Waals surface area contributed by atoms with Crippen molar-refractivity contribution in [2.24, 2.45) is 0 Å². The molecule has 0 saturated heterocycles. The maximum absolute atomic E-state index is 10.9. The van der Waals surface area contributed by atoms with E-state index in [0.29, 0.717) is 5.82 Å². The van der Waals surface area contributed by atoms with Gasteiger partial charge in [0, 0.05) is 18.8 Å². The molecule has 1 aromatic heterocycles. The number of hydrogen-bond acceptors (Lipinski definition) is 3. The molecule has 0 spiro atoms. The van der Waals surface area contributed by atoms with Gasteiger partial charge in [-0.1, -0.05) is 6.08 Å². The number of hydrogen-bond donors (Lipinski definition) is 1. The SMILES string of the molecule is C=C[CH]N(C)c1nc(=O)[nH]cc1C. The molecule has 1 N–H and O–H groups in total. The first-order valence-electron chi connectivity index (χ1n) is 3.90. The second kappa shape index (κ2) is 3.89. The molecule has 1 rings (SSSR count). The molecule has 0 bridgehead atoms. The van der Waals surface area contributed by atoms with Crippen LogP contribution in [0.2, 0.25) is 0 Å². The van der Waals surface area contributed by atoms with Crippen molar-refractivity contribution in [3.05, 3.63) is 41.4 Å². The monoisotopic (exact) mass is 178 g/mol. The van der Waals surface area contributed by atoms with Crippen molar-refractivity contribution in [2.45, 2.75) is 6.92 Å². The third-order valence-corrected chi connectivity index (χ3v) is 1.64. The molecule has 0 atom stereocenters. The zero-order chi connectivity index (χ0) is 9.84. The van der Waals surface area contributed by atoms with E-state index in [1.54, 1.807) is 23.7 Å². The molecule has 0 amide bonds. The minimum absolute atomic E-state index is 0.343. The van der Waals surface area contributed by atoms with Crippen LogP contribution in [-0.4, -0.2) is 17.0 Å². The Kier molecular flexibility index (Phi) is 2.84. The lowest BCUT2D eigenvalue weighted by atomic mass is 10.3. The fourth-order valence-electron chi connectivity index (χ4n) is 1.04. The summed E-state index contributed by atoms with van der Waals surface area (Å²) in [7, 11) is 1.82. The Balaban J connectivity index is 3.05. The molecule has 1 aromatic rings. The number of rotatable bonds is 3. The molecule has 0 aliphatic rings. The number of aromatic nitrogens is 2. The molecule has 0 unspecified atom stereocenters. The summed E-state index contributed by atoms with van der Waals surface area (Å²) < 4.78 is 0. The van der Waals surface area contributed by atoms with E-state index in [1.807, 2.05) is 14.0 Å². The molecule has 0 fully saturated rings. The van der Waals surface area contributed by atoms with Crippen molar-refractivity contribution < 1.29 is 0 Å². The van der Waals surface area contributed by atoms with Gasteiger partial charge in [0.05, 0.1) is 6.54 Å². The highest BCUT2D eigenvalue weighted by Crippen LogP contribution is 2.12. The maximum Gasteiger partial charge on any atom is 0.346 e. The Labute approximate surface area is 76.9 Å². The Morgan fingerprint density at radius 2 is 2.38 bits per heavy atom. The summed E-state index contributed by atoms with van der Waals surface area (Å²) in [4.78, 5) is 19.0. The molecule has 0 aromatic carbocycles. The lowest BCUT2D eigenvalue weighted by Crippen LogP contribution is -2.20. The summed E-state index contributed by atoms with van der Waals surface area (Å²) in [6.45, 7) is 7.19. The minimum atomic E-state index is -0.343. The van der Waals surface area contributed by atoms with Gasteiger partial charge in [0.15, 0.2) is 0 Å². The third kappa shape index (κ3) is 2.18. The summed E-state index contributed by atoms with van der Waals surface area (Å²) >= 11 is 0. The van der Waals surface area contributed by atoms with Gasteiger partial charge in [0.2, 0.25) is 0 Å². The smallest absolute Gasteiger partial charge is 0.346 e. The Morgan fingerprint density at radius 1 is 1.69 bits per heavy atom. The Bertz CT molecular complexity index is 356. The van der Waals surface area contributed by atoms with Crippen LogP contribution in [0.15, 0.2) is 23.6 Å². The lowest BCUT2D eigenvalue weighted by Gasteiger charge is -2.16. The topological polar surface area (TPSA) is 49.0 Å². The van der Waals surface area contributed by atoms with Gasteiger partial charge in [0.25, 0.3) is 0 Å². The highest BCUT2D eigenvalue weighted by molar-refractivity contribution is 5.46. The molecule has 69 valence electrons. The molecule has 4 nitrogen and oxygen atoms in total. The molecular weight excluding hydrogens is 166 g/mol. The third-order valence-electron chi connectivity index (χ3n) is 1.64. The van der Waals surface area contributed by atoms with Crippen LogP contribution in [0.5, 0.6) is 0 Å². The summed E-state index contributed by atoms with van der Waals surface area (Å²) in [5.74, 6) is 0.642. The van der Waals surface area contributed by atoms with Crippen molar-refractivity contribution in [3.63, 3.8) is 0 Å². The van der Waals surface area contributed by atoms with Crippen LogP contribution < -0.4 is 10.6 Å². The quantitative estimate of drug-likeness (QED) is 0.746. The van der Waals surface area contributed by atoms with E-state index in [0.717, 1.165) is 5.56 Å². The van der Waals surface area contributed by atoms with E-state index in [-0.39, 0.29) is 5.69 Å². The number of aromatic amines is 1. The molecule has 4 heteroatoms. The van der Waals surface area contributed by atoms with Gasteiger partial charge >= 0.3 is 5.69 Å². The van der Waals surface area contributed by atoms with Gasteiger partial charge in [-0.05, 0) is 6.92 Å². The first-order valence-corrected chi connectivity index (χ1v) is 3.90. The van der Waals surface area contributed by atoms with Gasteiger partial charge in [-0.3, -0.25) is 0 Å². The van der Waals surface area contributed by atoms with Gasteiger partial charge in [0.1, 0.15) is 5.82 Å². The predicted octanol–water partition coefficient (Wildman–Crippen LogP) is 0.862. The van der Waals surface area contributed by atoms with Crippen molar-refractivity contribution >= 4 is 5.82 Å². The largest absolute Gasteiger partial charge is 0.350 e. The van der Waals surface area contributed by atoms with Gasteiger partial charge in [-0.2, -0.15) is 4.98 Å². The number of H-pyrrole nitrogens is 1. The van der Waals surface area contributed by atoms with Crippen LogP contribution in [0.25, 0.3) is 0 Å². The maximum atomic E-state index is 10.9. The number of aryl methyl sites for hydroxylation is 1. The minimum Gasteiger partial charge on any atom is -0.350 e. The molecule has 0 saturated carbocycles. The van der Waals surface area contributed by atoms with Gasteiger partial charge in [-0.15, -0.1) is 6.58 Å². The molecule has 0 aliphatic carbocycles. The van der Waals surface area contributed by atoms with Crippen LogP contribution in [0.4, 0.5) is 5.82 Å². The zero-order valence-corrected chi connectivity index (χ0v) is 7.74. The second-order valence-electron chi connectivity index (χ2n) is 2.71. The summed E-state index contributed by atoms with van der Waals surface area (Å²) in [5, 5.41) is 0. The summed E-state index contributed by atoms with van der Waals surface area (Å²) in [6, 6.07) is 0. The zero-order valence-electron chi connectivity index (χ0n) is 7.74. The van der Waals surface area contributed by atoms with Gasteiger partial charge in [-0.25, -0.2) is 4.79 Å². The standard InChI is InChI=1S/C9H12N3O/c1-4-5-12(3)8-7(2)6-10-9(13)11-8/h4-6H,1H2,2-3H3,(H,10,11,13). The fraction of sp³-hybridized carbons (Fsp3) is 0.222.